The quantitative estimate of drug-likeness (QED) is 0.601. The number of anilines is 2. The fourth-order valence-electron chi connectivity index (χ4n) is 1.58. The zero-order valence-electron chi connectivity index (χ0n) is 10.9. The largest absolute Gasteiger partial charge is 0.490 e. The summed E-state index contributed by atoms with van der Waals surface area (Å²) in [6, 6.07) is 7.47. The van der Waals surface area contributed by atoms with Gasteiger partial charge in [-0.1, -0.05) is 19.1 Å². The van der Waals surface area contributed by atoms with Gasteiger partial charge in [-0.25, -0.2) is 4.98 Å². The molecule has 102 valence electrons. The maximum Gasteiger partial charge on any atom is 0.202 e. The second-order valence-corrected chi connectivity index (χ2v) is 4.83. The Morgan fingerprint density at radius 3 is 3.00 bits per heavy atom. The molecule has 2 rings (SSSR count). The number of aromatic nitrogens is 2. The van der Waals surface area contributed by atoms with Crippen molar-refractivity contribution in [1.29, 1.82) is 0 Å². The third-order valence-corrected chi connectivity index (χ3v) is 3.21. The Morgan fingerprint density at radius 1 is 1.37 bits per heavy atom. The number of aryl methyl sites for hydroxylation is 1. The highest BCUT2D eigenvalue weighted by Gasteiger charge is 2.02. The fraction of sp³-hybridized carbons (Fsp3) is 0.385. The zero-order chi connectivity index (χ0) is 13.5. The van der Waals surface area contributed by atoms with Gasteiger partial charge in [0.2, 0.25) is 5.13 Å². The summed E-state index contributed by atoms with van der Waals surface area (Å²) in [6.07, 6.45) is 1.99. The molecule has 0 spiro atoms. The molecule has 0 fully saturated rings. The lowest BCUT2D eigenvalue weighted by atomic mass is 10.3. The van der Waals surface area contributed by atoms with Crippen LogP contribution in [-0.2, 0) is 6.42 Å². The smallest absolute Gasteiger partial charge is 0.202 e. The van der Waals surface area contributed by atoms with Gasteiger partial charge < -0.3 is 15.8 Å². The van der Waals surface area contributed by atoms with Crippen LogP contribution < -0.4 is 15.8 Å². The lowest BCUT2D eigenvalue weighted by Gasteiger charge is -2.08. The number of nitrogens with one attached hydrogen (secondary N) is 1. The van der Waals surface area contributed by atoms with E-state index in [1.54, 1.807) is 0 Å². The first-order chi connectivity index (χ1) is 9.29. The van der Waals surface area contributed by atoms with Crippen LogP contribution in [0.5, 0.6) is 5.75 Å². The summed E-state index contributed by atoms with van der Waals surface area (Å²) >= 11 is 1.39. The van der Waals surface area contributed by atoms with Gasteiger partial charge >= 0.3 is 0 Å². The van der Waals surface area contributed by atoms with Crippen molar-refractivity contribution in [1.82, 2.24) is 9.36 Å². The van der Waals surface area contributed by atoms with Crippen LogP contribution >= 0.6 is 11.5 Å². The summed E-state index contributed by atoms with van der Waals surface area (Å²) < 4.78 is 9.85. The molecular formula is C13H18N4OS. The molecular weight excluding hydrogens is 260 g/mol. The van der Waals surface area contributed by atoms with Crippen LogP contribution in [0.15, 0.2) is 24.3 Å². The number of rotatable bonds is 7. The number of nitrogens with zero attached hydrogens (tertiary/aromatic N) is 2. The standard InChI is InChI=1S/C13H18N4OS/c1-2-5-12-16-13(19-17-12)15-8-9-18-11-7-4-3-6-10(11)14/h3-4,6-7H,2,5,8-9,14H2,1H3,(H,15,16,17). The van der Waals surface area contributed by atoms with Gasteiger partial charge in [-0.2, -0.15) is 4.37 Å². The van der Waals surface area contributed by atoms with Crippen LogP contribution in [0.25, 0.3) is 0 Å². The number of benzene rings is 1. The number of hydrogen-bond donors (Lipinski definition) is 2. The van der Waals surface area contributed by atoms with E-state index in [4.69, 9.17) is 10.5 Å². The molecule has 0 aliphatic carbocycles. The number of ether oxygens (including phenoxy) is 1. The van der Waals surface area contributed by atoms with E-state index in [1.807, 2.05) is 24.3 Å². The van der Waals surface area contributed by atoms with Crippen LogP contribution in [0.2, 0.25) is 0 Å². The molecule has 0 unspecified atom stereocenters. The molecule has 3 N–H and O–H groups in total. The lowest BCUT2D eigenvalue weighted by molar-refractivity contribution is 0.334. The summed E-state index contributed by atoms with van der Waals surface area (Å²) in [5, 5.41) is 4.03. The maximum absolute atomic E-state index is 5.78. The van der Waals surface area contributed by atoms with Gasteiger partial charge in [-0.3, -0.25) is 0 Å². The van der Waals surface area contributed by atoms with Crippen molar-refractivity contribution in [2.75, 3.05) is 24.2 Å². The van der Waals surface area contributed by atoms with E-state index in [0.717, 1.165) is 23.8 Å². The van der Waals surface area contributed by atoms with Gasteiger partial charge in [0.1, 0.15) is 18.2 Å². The molecule has 19 heavy (non-hydrogen) atoms. The molecule has 0 saturated carbocycles. The Hall–Kier alpha value is -1.82. The highest BCUT2D eigenvalue weighted by Crippen LogP contribution is 2.19. The van der Waals surface area contributed by atoms with Gasteiger partial charge in [0.25, 0.3) is 0 Å². The molecule has 1 heterocycles. The molecule has 0 aliphatic rings. The summed E-state index contributed by atoms with van der Waals surface area (Å²) in [5.41, 5.74) is 6.44. The van der Waals surface area contributed by atoms with E-state index in [1.165, 1.54) is 11.5 Å². The first-order valence-corrected chi connectivity index (χ1v) is 7.10. The number of hydrogen-bond acceptors (Lipinski definition) is 6. The molecule has 0 radical (unpaired) electrons. The molecule has 2 aromatic rings. The monoisotopic (exact) mass is 278 g/mol. The number of para-hydroxylation sites is 2. The molecule has 6 heteroatoms. The normalized spacial score (nSPS) is 10.4. The van der Waals surface area contributed by atoms with E-state index >= 15 is 0 Å². The third-order valence-electron chi connectivity index (χ3n) is 2.50. The van der Waals surface area contributed by atoms with Gasteiger partial charge in [0.05, 0.1) is 12.2 Å². The van der Waals surface area contributed by atoms with Crippen molar-refractivity contribution in [3.8, 4) is 5.75 Å². The Kier molecular flexibility index (Phi) is 4.97. The summed E-state index contributed by atoms with van der Waals surface area (Å²) in [4.78, 5) is 4.38. The topological polar surface area (TPSA) is 73.1 Å². The first kappa shape index (κ1) is 13.6. The predicted molar refractivity (Wildman–Crippen MR) is 78.7 cm³/mol. The average Bonchev–Trinajstić information content (AvgIpc) is 2.85. The zero-order valence-corrected chi connectivity index (χ0v) is 11.7. The highest BCUT2D eigenvalue weighted by atomic mass is 32.1. The lowest BCUT2D eigenvalue weighted by Crippen LogP contribution is -2.12. The fourth-order valence-corrected chi connectivity index (χ4v) is 2.22. The molecule has 5 nitrogen and oxygen atoms in total. The Labute approximate surface area is 117 Å². The molecule has 1 aromatic carbocycles. The molecule has 0 saturated heterocycles. The SMILES string of the molecule is CCCc1nsc(NCCOc2ccccc2N)n1. The van der Waals surface area contributed by atoms with E-state index < -0.39 is 0 Å². The van der Waals surface area contributed by atoms with Crippen molar-refractivity contribution in [2.45, 2.75) is 19.8 Å². The summed E-state index contributed by atoms with van der Waals surface area (Å²) in [7, 11) is 0. The molecule has 0 bridgehead atoms. The van der Waals surface area contributed by atoms with Crippen LogP contribution in [0.3, 0.4) is 0 Å². The molecule has 1 aromatic heterocycles. The average molecular weight is 278 g/mol. The predicted octanol–water partition coefficient (Wildman–Crippen LogP) is 2.56. The Bertz CT molecular complexity index is 515. The van der Waals surface area contributed by atoms with E-state index in [9.17, 15) is 0 Å². The minimum Gasteiger partial charge on any atom is -0.490 e. The summed E-state index contributed by atoms with van der Waals surface area (Å²) in [6.45, 7) is 3.33. The van der Waals surface area contributed by atoms with E-state index in [-0.39, 0.29) is 0 Å². The number of nitrogen functional groups attached to an aromatic ring is 1. The highest BCUT2D eigenvalue weighted by molar-refractivity contribution is 7.09. The van der Waals surface area contributed by atoms with E-state index in [0.29, 0.717) is 24.6 Å². The van der Waals surface area contributed by atoms with Gasteiger partial charge in [-0.05, 0) is 18.6 Å². The van der Waals surface area contributed by atoms with Gasteiger partial charge in [0, 0.05) is 18.0 Å². The minimum absolute atomic E-state index is 0.539. The molecule has 0 atom stereocenters. The van der Waals surface area contributed by atoms with Crippen LogP contribution in [0, 0.1) is 0 Å². The van der Waals surface area contributed by atoms with Gasteiger partial charge in [0.15, 0.2) is 0 Å². The third kappa shape index (κ3) is 4.10. The van der Waals surface area contributed by atoms with Crippen molar-refractivity contribution in [2.24, 2.45) is 0 Å². The molecule has 0 amide bonds. The minimum atomic E-state index is 0.539. The van der Waals surface area contributed by atoms with Crippen molar-refractivity contribution in [3.05, 3.63) is 30.1 Å². The number of nitrogens with two attached hydrogens (primary N) is 1. The second kappa shape index (κ2) is 6.94. The maximum atomic E-state index is 5.78. The first-order valence-electron chi connectivity index (χ1n) is 6.33. The van der Waals surface area contributed by atoms with Crippen LogP contribution in [0.4, 0.5) is 10.8 Å². The van der Waals surface area contributed by atoms with Crippen molar-refractivity contribution >= 4 is 22.4 Å². The van der Waals surface area contributed by atoms with Gasteiger partial charge in [-0.15, -0.1) is 0 Å². The Morgan fingerprint density at radius 2 is 2.21 bits per heavy atom. The summed E-state index contributed by atoms with van der Waals surface area (Å²) in [5.74, 6) is 1.62. The van der Waals surface area contributed by atoms with Crippen LogP contribution in [-0.4, -0.2) is 22.5 Å². The van der Waals surface area contributed by atoms with Crippen molar-refractivity contribution in [3.63, 3.8) is 0 Å². The van der Waals surface area contributed by atoms with E-state index in [2.05, 4.69) is 21.6 Å². The molecule has 0 aliphatic heterocycles. The second-order valence-electron chi connectivity index (χ2n) is 4.08. The Balaban J connectivity index is 1.73. The van der Waals surface area contributed by atoms with Crippen LogP contribution in [0.1, 0.15) is 19.2 Å². The van der Waals surface area contributed by atoms with Crippen molar-refractivity contribution < 1.29 is 4.74 Å².